The van der Waals surface area contributed by atoms with Gasteiger partial charge in [-0.1, -0.05) is 40.9 Å². The number of Topliss-reactive ketones (excluding diaryl/α,β-unsaturated/α-hetero) is 1. The van der Waals surface area contributed by atoms with Crippen molar-refractivity contribution in [2.45, 2.75) is 0 Å². The number of allylic oxidation sites excluding steroid dienone is 1. The van der Waals surface area contributed by atoms with Crippen LogP contribution in [0.15, 0.2) is 66.0 Å². The van der Waals surface area contributed by atoms with Crippen molar-refractivity contribution in [2.24, 2.45) is 0 Å². The maximum absolute atomic E-state index is 12.4. The number of aromatic nitrogens is 1. The summed E-state index contributed by atoms with van der Waals surface area (Å²) in [7, 11) is 1.50. The smallest absolute Gasteiger partial charge is 0.200 e. The van der Waals surface area contributed by atoms with Gasteiger partial charge in [-0.15, -0.1) is 11.3 Å². The zero-order chi connectivity index (χ0) is 25.7. The minimum absolute atomic E-state index is 0.161. The average molecular weight is 556 g/mol. The van der Waals surface area contributed by atoms with Crippen molar-refractivity contribution in [2.75, 3.05) is 13.7 Å². The SMILES string of the molecule is COc1cc(/C=C(/C#N)c2nc(-c3ccc(Cl)cc3Cl)cs2)ccc1OCC(=O)c1ccc(Cl)cc1. The molecule has 0 saturated carbocycles. The second-order valence-corrected chi connectivity index (χ2v) is 9.60. The first kappa shape index (κ1) is 25.7. The zero-order valence-corrected chi connectivity index (χ0v) is 21.9. The summed E-state index contributed by atoms with van der Waals surface area (Å²) in [4.78, 5) is 17.0. The van der Waals surface area contributed by atoms with E-state index in [-0.39, 0.29) is 12.4 Å². The van der Waals surface area contributed by atoms with Gasteiger partial charge >= 0.3 is 0 Å². The third-order valence-electron chi connectivity index (χ3n) is 5.09. The number of halogens is 3. The molecule has 0 fully saturated rings. The Hall–Kier alpha value is -3.34. The fourth-order valence-electron chi connectivity index (χ4n) is 3.28. The van der Waals surface area contributed by atoms with Crippen molar-refractivity contribution in [1.29, 1.82) is 5.26 Å². The number of hydrogen-bond donors (Lipinski definition) is 0. The molecule has 0 aliphatic carbocycles. The van der Waals surface area contributed by atoms with E-state index in [9.17, 15) is 10.1 Å². The molecule has 4 aromatic rings. The second-order valence-electron chi connectivity index (χ2n) is 7.46. The lowest BCUT2D eigenvalue weighted by Gasteiger charge is -2.11. The van der Waals surface area contributed by atoms with E-state index in [1.165, 1.54) is 18.4 Å². The highest BCUT2D eigenvalue weighted by Gasteiger charge is 2.14. The van der Waals surface area contributed by atoms with Gasteiger partial charge in [0.15, 0.2) is 23.9 Å². The summed E-state index contributed by atoms with van der Waals surface area (Å²) in [6, 6.07) is 19.2. The number of carbonyl (C=O) groups is 1. The number of nitriles is 1. The second kappa shape index (κ2) is 11.6. The molecule has 0 aliphatic heterocycles. The molecule has 1 aromatic heterocycles. The van der Waals surface area contributed by atoms with E-state index in [1.54, 1.807) is 66.7 Å². The molecular formula is C27H17Cl3N2O3S. The quantitative estimate of drug-likeness (QED) is 0.162. The summed E-state index contributed by atoms with van der Waals surface area (Å²) in [6.45, 7) is -0.161. The summed E-state index contributed by atoms with van der Waals surface area (Å²) < 4.78 is 11.1. The Kier molecular flexibility index (Phi) is 8.29. The van der Waals surface area contributed by atoms with Crippen molar-refractivity contribution < 1.29 is 14.3 Å². The van der Waals surface area contributed by atoms with Crippen LogP contribution >= 0.6 is 46.1 Å². The molecule has 9 heteroatoms. The zero-order valence-electron chi connectivity index (χ0n) is 18.8. The molecule has 3 aromatic carbocycles. The van der Waals surface area contributed by atoms with Crippen LogP contribution < -0.4 is 9.47 Å². The van der Waals surface area contributed by atoms with Crippen molar-refractivity contribution in [1.82, 2.24) is 4.98 Å². The minimum Gasteiger partial charge on any atom is -0.493 e. The number of rotatable bonds is 8. The fourth-order valence-corrected chi connectivity index (χ4v) is 4.70. The van der Waals surface area contributed by atoms with Crippen LogP contribution in [0.3, 0.4) is 0 Å². The number of benzene rings is 3. The van der Waals surface area contributed by atoms with E-state index < -0.39 is 0 Å². The summed E-state index contributed by atoms with van der Waals surface area (Å²) >= 11 is 19.5. The summed E-state index contributed by atoms with van der Waals surface area (Å²) in [6.07, 6.45) is 1.71. The summed E-state index contributed by atoms with van der Waals surface area (Å²) in [5, 5.41) is 13.7. The third-order valence-corrected chi connectivity index (χ3v) is 6.76. The van der Waals surface area contributed by atoms with Crippen LogP contribution in [-0.4, -0.2) is 24.5 Å². The molecule has 0 atom stereocenters. The number of ether oxygens (including phenoxy) is 2. The highest BCUT2D eigenvalue weighted by Crippen LogP contribution is 2.34. The van der Waals surface area contributed by atoms with Gasteiger partial charge in [-0.3, -0.25) is 4.79 Å². The molecule has 0 bridgehead atoms. The maximum atomic E-state index is 12.4. The lowest BCUT2D eigenvalue weighted by atomic mass is 10.1. The van der Waals surface area contributed by atoms with Crippen LogP contribution in [-0.2, 0) is 0 Å². The molecule has 0 radical (unpaired) electrons. The number of hydrogen-bond acceptors (Lipinski definition) is 6. The van der Waals surface area contributed by atoms with Crippen molar-refractivity contribution in [3.8, 4) is 28.8 Å². The summed E-state index contributed by atoms with van der Waals surface area (Å²) in [5.74, 6) is 0.645. The largest absolute Gasteiger partial charge is 0.493 e. The molecular weight excluding hydrogens is 539 g/mol. The van der Waals surface area contributed by atoms with E-state index in [2.05, 4.69) is 11.1 Å². The number of nitrogens with zero attached hydrogens (tertiary/aromatic N) is 2. The van der Waals surface area contributed by atoms with Crippen LogP contribution in [0.1, 0.15) is 20.9 Å². The Morgan fingerprint density at radius 3 is 2.47 bits per heavy atom. The van der Waals surface area contributed by atoms with Gasteiger partial charge in [0.25, 0.3) is 0 Å². The van der Waals surface area contributed by atoms with E-state index in [0.29, 0.717) is 54.0 Å². The fraction of sp³-hybridized carbons (Fsp3) is 0.0741. The Balaban J connectivity index is 1.52. The van der Waals surface area contributed by atoms with Crippen LogP contribution in [0, 0.1) is 11.3 Å². The van der Waals surface area contributed by atoms with Gasteiger partial charge in [0, 0.05) is 26.6 Å². The molecule has 36 heavy (non-hydrogen) atoms. The Bertz CT molecular complexity index is 1490. The van der Waals surface area contributed by atoms with Gasteiger partial charge in [0.2, 0.25) is 0 Å². The molecule has 0 unspecified atom stereocenters. The highest BCUT2D eigenvalue weighted by molar-refractivity contribution is 7.11. The molecule has 0 aliphatic rings. The first-order chi connectivity index (χ1) is 17.4. The first-order valence-electron chi connectivity index (χ1n) is 10.5. The predicted octanol–water partition coefficient (Wildman–Crippen LogP) is 8.10. The molecule has 4 rings (SSSR count). The Morgan fingerprint density at radius 2 is 1.78 bits per heavy atom. The number of carbonyl (C=O) groups excluding carboxylic acids is 1. The molecule has 5 nitrogen and oxygen atoms in total. The van der Waals surface area contributed by atoms with Crippen molar-refractivity contribution in [3.05, 3.63) is 97.2 Å². The normalized spacial score (nSPS) is 11.1. The lowest BCUT2D eigenvalue weighted by Crippen LogP contribution is -2.12. The first-order valence-corrected chi connectivity index (χ1v) is 12.5. The van der Waals surface area contributed by atoms with Crippen molar-refractivity contribution >= 4 is 63.6 Å². The molecule has 0 saturated heterocycles. The van der Waals surface area contributed by atoms with Gasteiger partial charge in [-0.05, 0) is 66.2 Å². The van der Waals surface area contributed by atoms with Gasteiger partial charge < -0.3 is 9.47 Å². The van der Waals surface area contributed by atoms with Gasteiger partial charge in [0.1, 0.15) is 11.1 Å². The maximum Gasteiger partial charge on any atom is 0.200 e. The number of thiazole rings is 1. The van der Waals surface area contributed by atoms with E-state index >= 15 is 0 Å². The molecule has 1 heterocycles. The van der Waals surface area contributed by atoms with Gasteiger partial charge in [-0.2, -0.15) is 5.26 Å². The van der Waals surface area contributed by atoms with E-state index in [4.69, 9.17) is 44.3 Å². The highest BCUT2D eigenvalue weighted by atomic mass is 35.5. The third kappa shape index (κ3) is 6.07. The standard InChI is InChI=1S/C27H17Cl3N2O3S/c1-34-26-11-16(2-9-25(26)35-14-24(33)17-3-5-19(28)6-4-17)10-18(13-31)27-32-23(15-36-27)21-8-7-20(29)12-22(21)30/h2-12,15H,14H2,1H3/b18-10-. The van der Waals surface area contributed by atoms with Gasteiger partial charge in [-0.25, -0.2) is 4.98 Å². The molecule has 0 amide bonds. The topological polar surface area (TPSA) is 72.2 Å². The van der Waals surface area contributed by atoms with E-state index in [0.717, 1.165) is 5.56 Å². The van der Waals surface area contributed by atoms with E-state index in [1.807, 2.05) is 5.38 Å². The van der Waals surface area contributed by atoms with Crippen LogP contribution in [0.5, 0.6) is 11.5 Å². The number of methoxy groups -OCH3 is 1. The van der Waals surface area contributed by atoms with Crippen LogP contribution in [0.25, 0.3) is 22.9 Å². The molecule has 0 spiro atoms. The lowest BCUT2D eigenvalue weighted by molar-refractivity contribution is 0.0919. The van der Waals surface area contributed by atoms with Crippen molar-refractivity contribution in [3.63, 3.8) is 0 Å². The Morgan fingerprint density at radius 1 is 1.03 bits per heavy atom. The van der Waals surface area contributed by atoms with Crippen LogP contribution in [0.4, 0.5) is 0 Å². The predicted molar refractivity (Wildman–Crippen MR) is 145 cm³/mol. The monoisotopic (exact) mass is 554 g/mol. The molecule has 180 valence electrons. The molecule has 0 N–H and O–H groups in total. The van der Waals surface area contributed by atoms with Crippen LogP contribution in [0.2, 0.25) is 15.1 Å². The average Bonchev–Trinajstić information content (AvgIpc) is 3.36. The minimum atomic E-state index is -0.190. The Labute approximate surface area is 227 Å². The number of ketones is 1. The van der Waals surface area contributed by atoms with Gasteiger partial charge in [0.05, 0.1) is 23.4 Å². The summed E-state index contributed by atoms with van der Waals surface area (Å²) in [5.41, 5.74) is 2.98.